The summed E-state index contributed by atoms with van der Waals surface area (Å²) < 4.78 is 3.52. The van der Waals surface area contributed by atoms with Gasteiger partial charge < -0.3 is 4.57 Å². The second kappa shape index (κ2) is 11.1. The van der Waals surface area contributed by atoms with E-state index in [4.69, 9.17) is 0 Å². The van der Waals surface area contributed by atoms with Crippen LogP contribution in [-0.2, 0) is 0 Å². The maximum Gasteiger partial charge on any atom is 0.0547 e. The van der Waals surface area contributed by atoms with E-state index in [-0.39, 0.29) is 0 Å². The van der Waals surface area contributed by atoms with Gasteiger partial charge in [-0.1, -0.05) is 143 Å². The average Bonchev–Trinajstić information content (AvgIpc) is 3.43. The zero-order valence-electron chi connectivity index (χ0n) is 24.0. The third-order valence-electron chi connectivity index (χ3n) is 8.46. The Labute approximate surface area is 265 Å². The predicted octanol–water partition coefficient (Wildman–Crippen LogP) is 12.2. The molecule has 0 N–H and O–H groups in total. The van der Waals surface area contributed by atoms with Crippen LogP contribution >= 0.6 is 15.9 Å². The lowest BCUT2D eigenvalue weighted by atomic mass is 9.94. The summed E-state index contributed by atoms with van der Waals surface area (Å²) in [7, 11) is 0. The minimum Gasteiger partial charge on any atom is -0.309 e. The molecule has 0 spiro atoms. The fourth-order valence-corrected chi connectivity index (χ4v) is 6.63. The van der Waals surface area contributed by atoms with Crippen LogP contribution in [0.1, 0.15) is 0 Å². The average molecular weight is 627 g/mol. The Bertz CT molecular complexity index is 2200. The molecule has 0 saturated heterocycles. The van der Waals surface area contributed by atoms with Crippen LogP contribution < -0.4 is 0 Å². The first kappa shape index (κ1) is 26.4. The van der Waals surface area contributed by atoms with E-state index in [1.54, 1.807) is 0 Å². The molecule has 8 aromatic rings. The Morgan fingerprint density at radius 2 is 0.864 bits per heavy atom. The molecule has 0 atom stereocenters. The number of benzene rings is 7. The molecule has 1 heterocycles. The highest BCUT2D eigenvalue weighted by atomic mass is 79.9. The first-order chi connectivity index (χ1) is 21.7. The number of nitrogens with zero attached hydrogens (tertiary/aromatic N) is 1. The summed E-state index contributed by atoms with van der Waals surface area (Å²) in [4.78, 5) is 0. The Morgan fingerprint density at radius 1 is 0.341 bits per heavy atom. The minimum absolute atomic E-state index is 1.08. The van der Waals surface area contributed by atoms with Gasteiger partial charge in [-0.2, -0.15) is 0 Å². The van der Waals surface area contributed by atoms with Crippen molar-refractivity contribution in [3.05, 3.63) is 174 Å². The van der Waals surface area contributed by atoms with Gasteiger partial charge in [-0.3, -0.25) is 0 Å². The predicted molar refractivity (Wildman–Crippen MR) is 190 cm³/mol. The monoisotopic (exact) mass is 625 g/mol. The topological polar surface area (TPSA) is 4.93 Å². The lowest BCUT2D eigenvalue weighted by molar-refractivity contribution is 1.18. The third-order valence-corrected chi connectivity index (χ3v) is 8.99. The van der Waals surface area contributed by atoms with Gasteiger partial charge in [-0.25, -0.2) is 0 Å². The molecule has 0 aliphatic carbocycles. The molecular formula is C42H28BrN. The summed E-state index contributed by atoms with van der Waals surface area (Å²) >= 11 is 3.59. The Hall–Kier alpha value is -5.18. The van der Waals surface area contributed by atoms with Crippen LogP contribution in [-0.4, -0.2) is 4.57 Å². The fourth-order valence-electron chi connectivity index (χ4n) is 6.37. The molecule has 0 aliphatic heterocycles. The molecule has 1 aromatic heterocycles. The molecular weight excluding hydrogens is 598 g/mol. The third kappa shape index (κ3) is 4.74. The van der Waals surface area contributed by atoms with Crippen molar-refractivity contribution in [1.29, 1.82) is 0 Å². The smallest absolute Gasteiger partial charge is 0.0547 e. The van der Waals surface area contributed by atoms with Gasteiger partial charge in [0.05, 0.1) is 11.0 Å². The molecule has 0 radical (unpaired) electrons. The number of para-hydroxylation sites is 1. The minimum atomic E-state index is 1.08. The van der Waals surface area contributed by atoms with Gasteiger partial charge in [0.15, 0.2) is 0 Å². The molecule has 8 rings (SSSR count). The van der Waals surface area contributed by atoms with Crippen LogP contribution in [0.25, 0.3) is 72.0 Å². The molecule has 0 fully saturated rings. The van der Waals surface area contributed by atoms with Gasteiger partial charge in [0.2, 0.25) is 0 Å². The van der Waals surface area contributed by atoms with E-state index in [9.17, 15) is 0 Å². The molecule has 0 bridgehead atoms. The Kier molecular flexibility index (Phi) is 6.70. The molecule has 44 heavy (non-hydrogen) atoms. The number of hydrogen-bond donors (Lipinski definition) is 0. The summed E-state index contributed by atoms with van der Waals surface area (Å²) in [5.74, 6) is 0. The first-order valence-corrected chi connectivity index (χ1v) is 15.7. The summed E-state index contributed by atoms with van der Waals surface area (Å²) in [5.41, 5.74) is 13.2. The summed E-state index contributed by atoms with van der Waals surface area (Å²) in [6, 6.07) is 61.3. The second-order valence-corrected chi connectivity index (χ2v) is 12.1. The highest BCUT2D eigenvalue weighted by Gasteiger charge is 2.16. The van der Waals surface area contributed by atoms with Gasteiger partial charge in [0, 0.05) is 20.9 Å². The van der Waals surface area contributed by atoms with Crippen molar-refractivity contribution in [2.75, 3.05) is 0 Å². The van der Waals surface area contributed by atoms with Crippen molar-refractivity contribution < 1.29 is 0 Å². The van der Waals surface area contributed by atoms with Crippen molar-refractivity contribution in [1.82, 2.24) is 4.57 Å². The first-order valence-electron chi connectivity index (χ1n) is 14.9. The van der Waals surface area contributed by atoms with Crippen LogP contribution in [0, 0.1) is 0 Å². The number of fused-ring (bicyclic) bond motifs is 3. The summed E-state index contributed by atoms with van der Waals surface area (Å²) in [6.45, 7) is 0. The van der Waals surface area contributed by atoms with E-state index >= 15 is 0 Å². The molecule has 0 aliphatic rings. The van der Waals surface area contributed by atoms with E-state index in [0.717, 1.165) is 10.2 Å². The Balaban J connectivity index is 1.39. The quantitative estimate of drug-likeness (QED) is 0.179. The van der Waals surface area contributed by atoms with Gasteiger partial charge in [-0.15, -0.1) is 0 Å². The van der Waals surface area contributed by atoms with Gasteiger partial charge in [0.1, 0.15) is 0 Å². The molecule has 0 amide bonds. The molecule has 0 saturated carbocycles. The zero-order chi connectivity index (χ0) is 29.5. The largest absolute Gasteiger partial charge is 0.309 e. The summed E-state index contributed by atoms with van der Waals surface area (Å²) in [5, 5.41) is 2.50. The molecule has 1 nitrogen and oxygen atoms in total. The normalized spacial score (nSPS) is 11.3. The highest BCUT2D eigenvalue weighted by Crippen LogP contribution is 2.39. The molecule has 7 aromatic carbocycles. The van der Waals surface area contributed by atoms with E-state index in [1.807, 2.05) is 0 Å². The Morgan fingerprint density at radius 3 is 1.52 bits per heavy atom. The standard InChI is InChI=1S/C42H28BrN/c43-35-22-19-31(20-23-35)37-15-7-8-16-38(37)32-21-24-40-39-17-9-10-18-41(39)44(42(40)28-32)36-26-33(29-11-3-1-4-12-29)25-34(27-36)30-13-5-2-6-14-30/h1-28H. The van der Waals surface area contributed by atoms with E-state index in [0.29, 0.717) is 0 Å². The fraction of sp³-hybridized carbons (Fsp3) is 0. The van der Waals surface area contributed by atoms with Crippen LogP contribution in [0.2, 0.25) is 0 Å². The molecule has 208 valence electrons. The van der Waals surface area contributed by atoms with Crippen molar-refractivity contribution in [2.24, 2.45) is 0 Å². The van der Waals surface area contributed by atoms with Crippen LogP contribution in [0.15, 0.2) is 174 Å². The lowest BCUT2D eigenvalue weighted by Crippen LogP contribution is -1.96. The second-order valence-electron chi connectivity index (χ2n) is 11.1. The lowest BCUT2D eigenvalue weighted by Gasteiger charge is -2.15. The number of hydrogen-bond acceptors (Lipinski definition) is 0. The van der Waals surface area contributed by atoms with Gasteiger partial charge in [0.25, 0.3) is 0 Å². The maximum absolute atomic E-state index is 3.59. The summed E-state index contributed by atoms with van der Waals surface area (Å²) in [6.07, 6.45) is 0. The van der Waals surface area contributed by atoms with Crippen molar-refractivity contribution >= 4 is 37.7 Å². The number of rotatable bonds is 5. The van der Waals surface area contributed by atoms with E-state index in [2.05, 4.69) is 190 Å². The van der Waals surface area contributed by atoms with Crippen molar-refractivity contribution in [2.45, 2.75) is 0 Å². The van der Waals surface area contributed by atoms with Gasteiger partial charge in [-0.05, 0) is 87.0 Å². The zero-order valence-corrected chi connectivity index (χ0v) is 25.6. The van der Waals surface area contributed by atoms with Crippen LogP contribution in [0.3, 0.4) is 0 Å². The van der Waals surface area contributed by atoms with Crippen molar-refractivity contribution in [3.8, 4) is 50.2 Å². The van der Waals surface area contributed by atoms with Crippen LogP contribution in [0.4, 0.5) is 0 Å². The number of aromatic nitrogens is 1. The number of halogens is 1. The van der Waals surface area contributed by atoms with Gasteiger partial charge >= 0.3 is 0 Å². The van der Waals surface area contributed by atoms with Crippen LogP contribution in [0.5, 0.6) is 0 Å². The highest BCUT2D eigenvalue weighted by molar-refractivity contribution is 9.10. The van der Waals surface area contributed by atoms with E-state index < -0.39 is 0 Å². The molecule has 2 heteroatoms. The van der Waals surface area contributed by atoms with Crippen molar-refractivity contribution in [3.63, 3.8) is 0 Å². The molecule has 0 unspecified atom stereocenters. The SMILES string of the molecule is Brc1ccc(-c2ccccc2-c2ccc3c4ccccc4n(-c4cc(-c5ccccc5)cc(-c5ccccc5)c4)c3c2)cc1. The van der Waals surface area contributed by atoms with E-state index in [1.165, 1.54) is 66.3 Å². The maximum atomic E-state index is 3.59.